The lowest BCUT2D eigenvalue weighted by Crippen LogP contribution is -2.50. The predicted molar refractivity (Wildman–Crippen MR) is 147 cm³/mol. The van der Waals surface area contributed by atoms with E-state index < -0.39 is 0 Å². The molecule has 3 aromatic rings. The molecule has 3 rings (SSSR count). The molecule has 0 aliphatic heterocycles. The normalized spacial score (nSPS) is 11.7. The standard InChI is InChI=1S/C30H40N3O4/c1-3-5-22-36-29-14-10-27(11-15-29)31-32-28-12-16-30(17-13-28)37-24-26-8-6-25(7-9-26)23-33(4-2,18-20-34)19-21-35/h6-17,34-35H,3-5,18-24H2,1-2H3/q+1. The third-order valence-corrected chi connectivity index (χ3v) is 6.49. The number of aliphatic hydroxyl groups excluding tert-OH is 2. The summed E-state index contributed by atoms with van der Waals surface area (Å²) in [6.45, 7) is 8.58. The highest BCUT2D eigenvalue weighted by molar-refractivity contribution is 5.44. The summed E-state index contributed by atoms with van der Waals surface area (Å²) < 4.78 is 12.3. The van der Waals surface area contributed by atoms with E-state index in [1.807, 2.05) is 48.5 Å². The molecule has 0 unspecified atom stereocenters. The van der Waals surface area contributed by atoms with Gasteiger partial charge in [0.05, 0.1) is 37.7 Å². The molecule has 0 spiro atoms. The van der Waals surface area contributed by atoms with Crippen LogP contribution < -0.4 is 9.47 Å². The second-order valence-electron chi connectivity index (χ2n) is 9.21. The largest absolute Gasteiger partial charge is 0.494 e. The van der Waals surface area contributed by atoms with Gasteiger partial charge in [0, 0.05) is 5.56 Å². The van der Waals surface area contributed by atoms with Crippen molar-refractivity contribution in [3.8, 4) is 11.5 Å². The highest BCUT2D eigenvalue weighted by atomic mass is 16.5. The summed E-state index contributed by atoms with van der Waals surface area (Å²) in [6.07, 6.45) is 2.16. The Morgan fingerprint density at radius 1 is 0.676 bits per heavy atom. The maximum absolute atomic E-state index is 9.47. The summed E-state index contributed by atoms with van der Waals surface area (Å²) in [7, 11) is 0. The van der Waals surface area contributed by atoms with Crippen LogP contribution in [0.4, 0.5) is 11.4 Å². The van der Waals surface area contributed by atoms with Crippen LogP contribution >= 0.6 is 0 Å². The second-order valence-corrected chi connectivity index (χ2v) is 9.21. The number of hydrogen-bond donors (Lipinski definition) is 2. The topological polar surface area (TPSA) is 83.6 Å². The third kappa shape index (κ3) is 9.28. The molecule has 198 valence electrons. The van der Waals surface area contributed by atoms with Gasteiger partial charge in [-0.3, -0.25) is 0 Å². The van der Waals surface area contributed by atoms with E-state index in [0.717, 1.165) is 61.0 Å². The molecule has 7 nitrogen and oxygen atoms in total. The molecule has 3 aromatic carbocycles. The second kappa shape index (κ2) is 15.1. The maximum Gasteiger partial charge on any atom is 0.119 e. The van der Waals surface area contributed by atoms with E-state index in [1.165, 1.54) is 5.56 Å². The molecule has 0 saturated carbocycles. The molecule has 0 radical (unpaired) electrons. The number of benzene rings is 3. The molecule has 0 bridgehead atoms. The van der Waals surface area contributed by atoms with E-state index in [9.17, 15) is 10.2 Å². The first kappa shape index (κ1) is 28.3. The van der Waals surface area contributed by atoms with E-state index in [2.05, 4.69) is 48.3 Å². The number of unbranched alkanes of at least 4 members (excludes halogenated alkanes) is 1. The van der Waals surface area contributed by atoms with Crippen molar-refractivity contribution >= 4 is 11.4 Å². The summed E-state index contributed by atoms with van der Waals surface area (Å²) in [5, 5.41) is 27.5. The Bertz CT molecular complexity index is 1060. The first-order valence-electron chi connectivity index (χ1n) is 13.1. The zero-order chi connectivity index (χ0) is 26.3. The van der Waals surface area contributed by atoms with Crippen molar-refractivity contribution in [3.05, 3.63) is 83.9 Å². The van der Waals surface area contributed by atoms with Gasteiger partial charge in [0.1, 0.15) is 37.7 Å². The van der Waals surface area contributed by atoms with Gasteiger partial charge < -0.3 is 24.2 Å². The number of azo groups is 1. The Balaban J connectivity index is 1.49. The number of nitrogens with zero attached hydrogens (tertiary/aromatic N) is 3. The van der Waals surface area contributed by atoms with Gasteiger partial charge in [-0.1, -0.05) is 37.6 Å². The van der Waals surface area contributed by atoms with Crippen LogP contribution in [-0.4, -0.2) is 54.2 Å². The molecule has 0 saturated heterocycles. The van der Waals surface area contributed by atoms with Crippen molar-refractivity contribution in [2.24, 2.45) is 10.2 Å². The van der Waals surface area contributed by atoms with Gasteiger partial charge in [0.15, 0.2) is 0 Å². The molecule has 0 aliphatic rings. The van der Waals surface area contributed by atoms with Gasteiger partial charge in [0.2, 0.25) is 0 Å². The van der Waals surface area contributed by atoms with Crippen LogP contribution in [0.5, 0.6) is 11.5 Å². The van der Waals surface area contributed by atoms with Gasteiger partial charge >= 0.3 is 0 Å². The van der Waals surface area contributed by atoms with E-state index in [4.69, 9.17) is 9.47 Å². The van der Waals surface area contributed by atoms with Crippen molar-refractivity contribution < 1.29 is 24.2 Å². The number of hydrogen-bond acceptors (Lipinski definition) is 6. The van der Waals surface area contributed by atoms with Crippen molar-refractivity contribution in [3.63, 3.8) is 0 Å². The quantitative estimate of drug-likeness (QED) is 0.138. The minimum Gasteiger partial charge on any atom is -0.494 e. The molecule has 0 aromatic heterocycles. The molecule has 0 atom stereocenters. The summed E-state index contributed by atoms with van der Waals surface area (Å²) in [4.78, 5) is 0. The molecule has 0 aliphatic carbocycles. The zero-order valence-corrected chi connectivity index (χ0v) is 22.1. The Morgan fingerprint density at radius 2 is 1.19 bits per heavy atom. The van der Waals surface area contributed by atoms with Gasteiger partial charge in [-0.05, 0) is 67.4 Å². The Morgan fingerprint density at radius 3 is 1.68 bits per heavy atom. The molecule has 0 amide bonds. The van der Waals surface area contributed by atoms with Crippen LogP contribution in [0.2, 0.25) is 0 Å². The third-order valence-electron chi connectivity index (χ3n) is 6.49. The first-order chi connectivity index (χ1) is 18.1. The number of quaternary nitrogens is 1. The Kier molecular flexibility index (Phi) is 11.6. The molecular formula is C30H40N3O4+. The smallest absolute Gasteiger partial charge is 0.119 e. The van der Waals surface area contributed by atoms with Gasteiger partial charge in [-0.2, -0.15) is 10.2 Å². The summed E-state index contributed by atoms with van der Waals surface area (Å²) >= 11 is 0. The van der Waals surface area contributed by atoms with Crippen molar-refractivity contribution in [1.29, 1.82) is 0 Å². The van der Waals surface area contributed by atoms with Crippen LogP contribution in [0, 0.1) is 0 Å². The fourth-order valence-corrected chi connectivity index (χ4v) is 4.08. The van der Waals surface area contributed by atoms with Gasteiger partial charge in [-0.25, -0.2) is 0 Å². The van der Waals surface area contributed by atoms with E-state index >= 15 is 0 Å². The predicted octanol–water partition coefficient (Wildman–Crippen LogP) is 6.18. The van der Waals surface area contributed by atoms with Crippen molar-refractivity contribution in [2.75, 3.05) is 39.5 Å². The molecule has 2 N–H and O–H groups in total. The number of aliphatic hydroxyl groups is 2. The van der Waals surface area contributed by atoms with Crippen molar-refractivity contribution in [1.82, 2.24) is 0 Å². The first-order valence-corrected chi connectivity index (χ1v) is 13.1. The molecule has 37 heavy (non-hydrogen) atoms. The average Bonchev–Trinajstić information content (AvgIpc) is 2.93. The highest BCUT2D eigenvalue weighted by Gasteiger charge is 2.24. The van der Waals surface area contributed by atoms with Crippen LogP contribution in [0.15, 0.2) is 83.0 Å². The monoisotopic (exact) mass is 506 g/mol. The fraction of sp³-hybridized carbons (Fsp3) is 0.400. The van der Waals surface area contributed by atoms with Crippen LogP contribution in [0.25, 0.3) is 0 Å². The molecule has 0 heterocycles. The van der Waals surface area contributed by atoms with Gasteiger partial charge in [0.25, 0.3) is 0 Å². The lowest BCUT2D eigenvalue weighted by molar-refractivity contribution is -0.939. The average molecular weight is 507 g/mol. The van der Waals surface area contributed by atoms with E-state index in [1.54, 1.807) is 0 Å². The van der Waals surface area contributed by atoms with Crippen LogP contribution in [0.1, 0.15) is 37.8 Å². The Hall–Kier alpha value is -3.26. The van der Waals surface area contributed by atoms with E-state index in [-0.39, 0.29) is 13.2 Å². The summed E-state index contributed by atoms with van der Waals surface area (Å²) in [5.41, 5.74) is 3.78. The number of likely N-dealkylation sites (N-methyl/N-ethyl adjacent to an activating group) is 1. The SMILES string of the molecule is CCCCOc1ccc(N=Nc2ccc(OCc3ccc(C[N+](CC)(CCO)CCO)cc3)cc2)cc1. The molecule has 0 fully saturated rings. The maximum atomic E-state index is 9.47. The van der Waals surface area contributed by atoms with Crippen molar-refractivity contribution in [2.45, 2.75) is 39.8 Å². The Labute approximate surface area is 220 Å². The van der Waals surface area contributed by atoms with Crippen LogP contribution in [0.3, 0.4) is 0 Å². The zero-order valence-electron chi connectivity index (χ0n) is 22.1. The van der Waals surface area contributed by atoms with Crippen LogP contribution in [-0.2, 0) is 13.2 Å². The highest BCUT2D eigenvalue weighted by Crippen LogP contribution is 2.24. The lowest BCUT2D eigenvalue weighted by Gasteiger charge is -2.37. The summed E-state index contributed by atoms with van der Waals surface area (Å²) in [6, 6.07) is 23.5. The molecular weight excluding hydrogens is 466 g/mol. The van der Waals surface area contributed by atoms with Gasteiger partial charge in [-0.15, -0.1) is 0 Å². The fourth-order valence-electron chi connectivity index (χ4n) is 4.08. The summed E-state index contributed by atoms with van der Waals surface area (Å²) in [5.74, 6) is 1.62. The lowest BCUT2D eigenvalue weighted by atomic mass is 10.1. The minimum atomic E-state index is 0.113. The minimum absolute atomic E-state index is 0.113. The van der Waals surface area contributed by atoms with E-state index in [0.29, 0.717) is 24.2 Å². The number of rotatable bonds is 16. The number of ether oxygens (including phenoxy) is 2. The molecule has 7 heteroatoms.